The summed E-state index contributed by atoms with van der Waals surface area (Å²) in [7, 11) is 1.66. The van der Waals surface area contributed by atoms with Crippen LogP contribution in [0.25, 0.3) is 16.7 Å². The molecule has 1 fully saturated rings. The lowest BCUT2D eigenvalue weighted by atomic mass is 9.94. The number of carboxylic acid groups (broad SMARTS) is 2. The Labute approximate surface area is 192 Å². The molecule has 0 radical (unpaired) electrons. The normalized spacial score (nSPS) is 18.5. The minimum Gasteiger partial charge on any atom is -0.497 e. The highest BCUT2D eigenvalue weighted by molar-refractivity contribution is 5.95. The van der Waals surface area contributed by atoms with Gasteiger partial charge in [-0.05, 0) is 52.8 Å². The Hall–Kier alpha value is -3.42. The van der Waals surface area contributed by atoms with Crippen molar-refractivity contribution in [2.45, 2.75) is 18.9 Å². The van der Waals surface area contributed by atoms with Gasteiger partial charge >= 0.3 is 11.9 Å². The Kier molecular flexibility index (Phi) is 6.91. The molecule has 0 saturated carbocycles. The van der Waals surface area contributed by atoms with Crippen molar-refractivity contribution in [2.24, 2.45) is 0 Å². The molecule has 0 amide bonds. The fourth-order valence-electron chi connectivity index (χ4n) is 4.52. The monoisotopic (exact) mass is 449 g/mol. The molecule has 1 atom stereocenters. The van der Waals surface area contributed by atoms with Gasteiger partial charge in [-0.1, -0.05) is 36.4 Å². The lowest BCUT2D eigenvalue weighted by Crippen LogP contribution is -2.44. The first-order chi connectivity index (χ1) is 16.0. The number of carbonyl (C=O) groups is 2. The van der Waals surface area contributed by atoms with Crippen molar-refractivity contribution >= 4 is 17.5 Å². The summed E-state index contributed by atoms with van der Waals surface area (Å²) in [6.45, 7) is 2.16. The number of hydrogen-bond acceptors (Lipinski definition) is 5. The molecule has 1 aliphatic heterocycles. The van der Waals surface area contributed by atoms with Crippen LogP contribution in [-0.2, 0) is 20.7 Å². The molecule has 2 aromatic carbocycles. The van der Waals surface area contributed by atoms with Crippen LogP contribution in [-0.4, -0.2) is 66.5 Å². The molecule has 33 heavy (non-hydrogen) atoms. The Morgan fingerprint density at radius 1 is 1.15 bits per heavy atom. The van der Waals surface area contributed by atoms with Crippen LogP contribution in [0.15, 0.2) is 60.2 Å². The maximum absolute atomic E-state index is 11.5. The van der Waals surface area contributed by atoms with Crippen LogP contribution in [0.1, 0.15) is 17.5 Å². The molecule has 0 aromatic heterocycles. The molecule has 1 aliphatic carbocycles. The van der Waals surface area contributed by atoms with Crippen LogP contribution in [0.3, 0.4) is 0 Å². The molecule has 7 heteroatoms. The first-order valence-electron chi connectivity index (χ1n) is 10.9. The zero-order valence-corrected chi connectivity index (χ0v) is 18.5. The topological polar surface area (TPSA) is 96.3 Å². The summed E-state index contributed by atoms with van der Waals surface area (Å²) >= 11 is 0. The van der Waals surface area contributed by atoms with Crippen LogP contribution >= 0.6 is 0 Å². The molecule has 0 bridgehead atoms. The average molecular weight is 450 g/mol. The minimum atomic E-state index is -1.28. The first kappa shape index (κ1) is 22.8. The Morgan fingerprint density at radius 2 is 1.91 bits per heavy atom. The number of aliphatic carboxylic acids is 2. The molecular formula is C26H27NO6. The van der Waals surface area contributed by atoms with Gasteiger partial charge in [-0.2, -0.15) is 0 Å². The second kappa shape index (κ2) is 10.0. The number of hydrogen-bond donors (Lipinski definition) is 2. The predicted molar refractivity (Wildman–Crippen MR) is 124 cm³/mol. The Balaban J connectivity index is 1.44. The van der Waals surface area contributed by atoms with Gasteiger partial charge in [-0.25, -0.2) is 9.59 Å². The third kappa shape index (κ3) is 5.16. The van der Waals surface area contributed by atoms with Gasteiger partial charge in [-0.3, -0.25) is 4.90 Å². The van der Waals surface area contributed by atoms with Crippen molar-refractivity contribution in [2.75, 3.05) is 33.4 Å². The maximum atomic E-state index is 11.5. The van der Waals surface area contributed by atoms with E-state index in [9.17, 15) is 14.7 Å². The van der Waals surface area contributed by atoms with Crippen molar-refractivity contribution in [3.63, 3.8) is 0 Å². The average Bonchev–Trinajstić information content (AvgIpc) is 3.24. The van der Waals surface area contributed by atoms with Gasteiger partial charge in [0.2, 0.25) is 0 Å². The molecule has 1 saturated heterocycles. The number of carboxylic acids is 2. The maximum Gasteiger partial charge on any atom is 0.334 e. The van der Waals surface area contributed by atoms with E-state index in [1.54, 1.807) is 7.11 Å². The highest BCUT2D eigenvalue weighted by Crippen LogP contribution is 2.37. The standard InChI is InChI=1S/C26H27NO6/c1-32-19-8-5-17(6-9-19)20-3-2-4-21-18(7-10-22(20)21)11-12-27-13-14-33-24(16-27)23(26(30)31)15-25(28)29/h2-9,15,24H,10-14,16H2,1H3,(H,28,29)(H,30,31). The predicted octanol–water partition coefficient (Wildman–Crippen LogP) is 3.49. The van der Waals surface area contributed by atoms with Crippen molar-refractivity contribution < 1.29 is 29.3 Å². The number of allylic oxidation sites excluding steroid dienone is 1. The number of ether oxygens (including phenoxy) is 2. The van der Waals surface area contributed by atoms with Gasteiger partial charge < -0.3 is 19.7 Å². The second-order valence-corrected chi connectivity index (χ2v) is 8.15. The van der Waals surface area contributed by atoms with E-state index in [1.165, 1.54) is 22.3 Å². The molecule has 2 aromatic rings. The van der Waals surface area contributed by atoms with E-state index in [4.69, 9.17) is 14.6 Å². The van der Waals surface area contributed by atoms with E-state index >= 15 is 0 Å². The summed E-state index contributed by atoms with van der Waals surface area (Å²) < 4.78 is 10.8. The van der Waals surface area contributed by atoms with Crippen LogP contribution in [0.5, 0.6) is 5.75 Å². The lowest BCUT2D eigenvalue weighted by Gasteiger charge is -2.33. The smallest absolute Gasteiger partial charge is 0.334 e. The van der Waals surface area contributed by atoms with Gasteiger partial charge in [0.1, 0.15) is 11.9 Å². The first-order valence-corrected chi connectivity index (χ1v) is 10.9. The quantitative estimate of drug-likeness (QED) is 0.596. The van der Waals surface area contributed by atoms with Crippen LogP contribution in [0, 0.1) is 0 Å². The number of benzene rings is 2. The molecule has 1 unspecified atom stereocenters. The van der Waals surface area contributed by atoms with E-state index in [-0.39, 0.29) is 5.57 Å². The number of nitrogens with zero attached hydrogens (tertiary/aromatic N) is 1. The summed E-state index contributed by atoms with van der Waals surface area (Å²) in [5.41, 5.74) is 6.01. The Morgan fingerprint density at radius 3 is 2.61 bits per heavy atom. The minimum absolute atomic E-state index is 0.221. The summed E-state index contributed by atoms with van der Waals surface area (Å²) in [5, 5.41) is 18.4. The zero-order chi connectivity index (χ0) is 23.4. The molecular weight excluding hydrogens is 422 g/mol. The van der Waals surface area contributed by atoms with Crippen molar-refractivity contribution in [3.8, 4) is 16.9 Å². The number of rotatable bonds is 8. The number of fused-ring (bicyclic) bond motifs is 1. The third-order valence-corrected chi connectivity index (χ3v) is 6.20. The van der Waals surface area contributed by atoms with Crippen molar-refractivity contribution in [3.05, 3.63) is 71.3 Å². The second-order valence-electron chi connectivity index (χ2n) is 8.15. The van der Waals surface area contributed by atoms with Gasteiger partial charge in [0.05, 0.1) is 19.3 Å². The highest BCUT2D eigenvalue weighted by atomic mass is 16.5. The molecule has 7 nitrogen and oxygen atoms in total. The number of morpholine rings is 1. The molecule has 4 rings (SSSR count). The molecule has 172 valence electrons. The van der Waals surface area contributed by atoms with Crippen LogP contribution < -0.4 is 4.74 Å². The zero-order valence-electron chi connectivity index (χ0n) is 18.5. The van der Waals surface area contributed by atoms with E-state index < -0.39 is 18.0 Å². The summed E-state index contributed by atoms with van der Waals surface area (Å²) in [6, 6.07) is 14.5. The molecule has 2 N–H and O–H groups in total. The fraction of sp³-hybridized carbons (Fsp3) is 0.308. The van der Waals surface area contributed by atoms with E-state index in [0.717, 1.165) is 36.8 Å². The largest absolute Gasteiger partial charge is 0.497 e. The Bertz CT molecular complexity index is 1100. The van der Waals surface area contributed by atoms with Gasteiger partial charge in [0.25, 0.3) is 0 Å². The molecule has 0 spiro atoms. The summed E-state index contributed by atoms with van der Waals surface area (Å²) in [6.07, 6.45) is 3.95. The van der Waals surface area contributed by atoms with E-state index in [0.29, 0.717) is 19.7 Å². The van der Waals surface area contributed by atoms with Gasteiger partial charge in [-0.15, -0.1) is 0 Å². The van der Waals surface area contributed by atoms with E-state index in [2.05, 4.69) is 41.3 Å². The third-order valence-electron chi connectivity index (χ3n) is 6.20. The lowest BCUT2D eigenvalue weighted by molar-refractivity contribution is -0.137. The van der Waals surface area contributed by atoms with Crippen LogP contribution in [0.4, 0.5) is 0 Å². The van der Waals surface area contributed by atoms with Gasteiger partial charge in [0.15, 0.2) is 0 Å². The van der Waals surface area contributed by atoms with Crippen LogP contribution in [0.2, 0.25) is 0 Å². The molecule has 2 aliphatic rings. The van der Waals surface area contributed by atoms with Crippen molar-refractivity contribution in [1.29, 1.82) is 0 Å². The molecule has 1 heterocycles. The summed E-state index contributed by atoms with van der Waals surface area (Å²) in [5.74, 6) is -1.71. The van der Waals surface area contributed by atoms with E-state index in [1.807, 2.05) is 12.1 Å². The SMILES string of the molecule is COc1ccc(-c2cccc3c2CC=C3CCN2CCOC(C(=CC(=O)O)C(=O)O)C2)cc1. The van der Waals surface area contributed by atoms with Gasteiger partial charge in [0, 0.05) is 25.7 Å². The highest BCUT2D eigenvalue weighted by Gasteiger charge is 2.28. The van der Waals surface area contributed by atoms with Crippen molar-refractivity contribution in [1.82, 2.24) is 4.90 Å². The fourth-order valence-corrected chi connectivity index (χ4v) is 4.52. The number of methoxy groups -OCH3 is 1. The summed E-state index contributed by atoms with van der Waals surface area (Å²) in [4.78, 5) is 24.6.